The lowest BCUT2D eigenvalue weighted by Gasteiger charge is -2.38. The summed E-state index contributed by atoms with van der Waals surface area (Å²) in [5, 5.41) is 0. The molecule has 136 valence electrons. The number of hydrogen-bond acceptors (Lipinski definition) is 3. The minimum Gasteiger partial charge on any atom is -0.341 e. The fourth-order valence-electron chi connectivity index (χ4n) is 4.03. The molecule has 3 rings (SSSR count). The summed E-state index contributed by atoms with van der Waals surface area (Å²) >= 11 is 0. The third-order valence-electron chi connectivity index (χ3n) is 5.26. The number of rotatable bonds is 3. The maximum absolute atomic E-state index is 12.6. The zero-order chi connectivity index (χ0) is 17.8. The van der Waals surface area contributed by atoms with E-state index in [0.717, 1.165) is 31.7 Å². The number of hydrogen-bond donors (Lipinski definition) is 0. The second-order valence-corrected chi connectivity index (χ2v) is 7.68. The Bertz CT molecular complexity index is 586. The van der Waals surface area contributed by atoms with Crippen molar-refractivity contribution < 1.29 is 9.59 Å². The first-order chi connectivity index (χ1) is 12.0. The molecule has 2 aliphatic heterocycles. The zero-order valence-electron chi connectivity index (χ0n) is 15.4. The van der Waals surface area contributed by atoms with Gasteiger partial charge in [-0.1, -0.05) is 32.0 Å². The highest BCUT2D eigenvalue weighted by molar-refractivity contribution is 5.94. The molecule has 2 amide bonds. The first kappa shape index (κ1) is 17.9. The quantitative estimate of drug-likeness (QED) is 0.843. The van der Waals surface area contributed by atoms with E-state index in [9.17, 15) is 9.59 Å². The van der Waals surface area contributed by atoms with E-state index in [4.69, 9.17) is 0 Å². The zero-order valence-corrected chi connectivity index (χ0v) is 15.4. The van der Waals surface area contributed by atoms with Crippen LogP contribution in [0.3, 0.4) is 0 Å². The number of carbonyl (C=O) groups is 2. The van der Waals surface area contributed by atoms with Crippen LogP contribution in [-0.4, -0.2) is 72.3 Å². The lowest BCUT2D eigenvalue weighted by molar-refractivity contribution is -0.135. The molecule has 0 radical (unpaired) electrons. The highest BCUT2D eigenvalue weighted by Gasteiger charge is 2.28. The third-order valence-corrected chi connectivity index (χ3v) is 5.26. The fourth-order valence-corrected chi connectivity index (χ4v) is 4.03. The molecule has 0 aliphatic carbocycles. The van der Waals surface area contributed by atoms with E-state index in [2.05, 4.69) is 18.7 Å². The monoisotopic (exact) mass is 343 g/mol. The van der Waals surface area contributed by atoms with E-state index in [1.54, 1.807) is 0 Å². The Morgan fingerprint density at radius 3 is 2.12 bits per heavy atom. The van der Waals surface area contributed by atoms with Crippen molar-refractivity contribution in [2.24, 2.45) is 11.8 Å². The van der Waals surface area contributed by atoms with Gasteiger partial charge in [-0.05, 0) is 30.4 Å². The van der Waals surface area contributed by atoms with Crippen molar-refractivity contribution in [3.63, 3.8) is 0 Å². The highest BCUT2D eigenvalue weighted by Crippen LogP contribution is 2.21. The molecular weight excluding hydrogens is 314 g/mol. The molecule has 5 heteroatoms. The lowest BCUT2D eigenvalue weighted by atomic mass is 9.92. The van der Waals surface area contributed by atoms with Crippen LogP contribution in [0, 0.1) is 11.8 Å². The minimum atomic E-state index is 0.0882. The summed E-state index contributed by atoms with van der Waals surface area (Å²) in [7, 11) is 0. The Morgan fingerprint density at radius 2 is 1.52 bits per heavy atom. The van der Waals surface area contributed by atoms with Gasteiger partial charge in [0.1, 0.15) is 0 Å². The van der Waals surface area contributed by atoms with Crippen molar-refractivity contribution in [2.45, 2.75) is 20.3 Å². The van der Waals surface area contributed by atoms with Crippen LogP contribution in [0.2, 0.25) is 0 Å². The molecule has 2 aliphatic rings. The fraction of sp³-hybridized carbons (Fsp3) is 0.600. The SMILES string of the molecule is CC1CC(C)CN(C(=O)CN2CCN(C(=O)c3ccccc3)CC2)C1. The molecule has 0 N–H and O–H groups in total. The van der Waals surface area contributed by atoms with Crippen molar-refractivity contribution in [1.29, 1.82) is 0 Å². The largest absolute Gasteiger partial charge is 0.341 e. The molecule has 0 aromatic heterocycles. The van der Waals surface area contributed by atoms with Crippen LogP contribution in [0.25, 0.3) is 0 Å². The van der Waals surface area contributed by atoms with Gasteiger partial charge >= 0.3 is 0 Å². The number of carbonyl (C=O) groups excluding carboxylic acids is 2. The van der Waals surface area contributed by atoms with Crippen LogP contribution in [0.5, 0.6) is 0 Å². The standard InChI is InChI=1S/C20H29N3O2/c1-16-12-17(2)14-23(13-16)19(24)15-21-8-10-22(11-9-21)20(25)18-6-4-3-5-7-18/h3-7,16-17H,8-15H2,1-2H3. The predicted molar refractivity (Wildman–Crippen MR) is 98.3 cm³/mol. The van der Waals surface area contributed by atoms with E-state index in [0.29, 0.717) is 31.5 Å². The Hall–Kier alpha value is -1.88. The molecule has 2 atom stereocenters. The van der Waals surface area contributed by atoms with E-state index in [1.165, 1.54) is 6.42 Å². The van der Waals surface area contributed by atoms with Crippen molar-refractivity contribution in [3.8, 4) is 0 Å². The van der Waals surface area contributed by atoms with E-state index < -0.39 is 0 Å². The van der Waals surface area contributed by atoms with Gasteiger partial charge in [-0.25, -0.2) is 0 Å². The number of piperazine rings is 1. The Balaban J connectivity index is 1.48. The molecule has 0 saturated carbocycles. The van der Waals surface area contributed by atoms with Crippen LogP contribution < -0.4 is 0 Å². The minimum absolute atomic E-state index is 0.0882. The van der Waals surface area contributed by atoms with Gasteiger partial charge < -0.3 is 9.80 Å². The molecule has 2 saturated heterocycles. The van der Waals surface area contributed by atoms with E-state index >= 15 is 0 Å². The van der Waals surface area contributed by atoms with Gasteiger partial charge in [0.05, 0.1) is 6.54 Å². The smallest absolute Gasteiger partial charge is 0.253 e. The van der Waals surface area contributed by atoms with Gasteiger partial charge in [-0.2, -0.15) is 0 Å². The summed E-state index contributed by atoms with van der Waals surface area (Å²) in [6, 6.07) is 9.42. The van der Waals surface area contributed by atoms with Crippen molar-refractivity contribution >= 4 is 11.8 Å². The first-order valence-corrected chi connectivity index (χ1v) is 9.37. The maximum Gasteiger partial charge on any atom is 0.253 e. The van der Waals surface area contributed by atoms with Crippen molar-refractivity contribution in [3.05, 3.63) is 35.9 Å². The van der Waals surface area contributed by atoms with Gasteiger partial charge in [0.2, 0.25) is 5.91 Å². The average Bonchev–Trinajstić information content (AvgIpc) is 2.61. The Kier molecular flexibility index (Phi) is 5.74. The molecule has 2 heterocycles. The predicted octanol–water partition coefficient (Wildman–Crippen LogP) is 1.95. The number of amides is 2. The molecule has 1 aromatic carbocycles. The molecule has 0 spiro atoms. The van der Waals surface area contributed by atoms with Crippen LogP contribution >= 0.6 is 0 Å². The van der Waals surface area contributed by atoms with Crippen LogP contribution in [-0.2, 0) is 4.79 Å². The second kappa shape index (κ2) is 8.00. The molecule has 2 unspecified atom stereocenters. The van der Waals surface area contributed by atoms with Crippen molar-refractivity contribution in [2.75, 3.05) is 45.8 Å². The molecule has 1 aromatic rings. The summed E-state index contributed by atoms with van der Waals surface area (Å²) in [5.41, 5.74) is 0.739. The number of likely N-dealkylation sites (tertiary alicyclic amines) is 1. The van der Waals surface area contributed by atoms with E-state index in [-0.39, 0.29) is 11.8 Å². The molecule has 25 heavy (non-hydrogen) atoms. The van der Waals surface area contributed by atoms with Gasteiger partial charge in [0.25, 0.3) is 5.91 Å². The van der Waals surface area contributed by atoms with Crippen LogP contribution in [0.4, 0.5) is 0 Å². The van der Waals surface area contributed by atoms with E-state index in [1.807, 2.05) is 40.1 Å². The van der Waals surface area contributed by atoms with Crippen LogP contribution in [0.1, 0.15) is 30.6 Å². The second-order valence-electron chi connectivity index (χ2n) is 7.68. The van der Waals surface area contributed by atoms with Gasteiger partial charge in [-0.3, -0.25) is 14.5 Å². The number of benzene rings is 1. The lowest BCUT2D eigenvalue weighted by Crippen LogP contribution is -2.53. The van der Waals surface area contributed by atoms with Gasteiger partial charge in [-0.15, -0.1) is 0 Å². The third kappa shape index (κ3) is 4.60. The average molecular weight is 343 g/mol. The van der Waals surface area contributed by atoms with Gasteiger partial charge in [0, 0.05) is 44.8 Å². The highest BCUT2D eigenvalue weighted by atomic mass is 16.2. The summed E-state index contributed by atoms with van der Waals surface area (Å²) in [6.45, 7) is 9.61. The summed E-state index contributed by atoms with van der Waals surface area (Å²) < 4.78 is 0. The molecule has 0 bridgehead atoms. The van der Waals surface area contributed by atoms with Crippen molar-refractivity contribution in [1.82, 2.24) is 14.7 Å². The summed E-state index contributed by atoms with van der Waals surface area (Å²) in [6.07, 6.45) is 1.21. The number of piperidine rings is 1. The summed E-state index contributed by atoms with van der Waals surface area (Å²) in [4.78, 5) is 31.2. The normalized spacial score (nSPS) is 25.0. The summed E-state index contributed by atoms with van der Waals surface area (Å²) in [5.74, 6) is 1.51. The van der Waals surface area contributed by atoms with Gasteiger partial charge in [0.15, 0.2) is 0 Å². The first-order valence-electron chi connectivity index (χ1n) is 9.37. The maximum atomic E-state index is 12.6. The van der Waals surface area contributed by atoms with Crippen LogP contribution in [0.15, 0.2) is 30.3 Å². The Morgan fingerprint density at radius 1 is 0.920 bits per heavy atom. The number of nitrogens with zero attached hydrogens (tertiary/aromatic N) is 3. The Labute approximate surface area is 150 Å². The molecule has 2 fully saturated rings. The molecular formula is C20H29N3O2. The molecule has 5 nitrogen and oxygen atoms in total. The topological polar surface area (TPSA) is 43.9 Å².